The summed E-state index contributed by atoms with van der Waals surface area (Å²) in [4.78, 5) is 18.4. The normalized spacial score (nSPS) is 12.4. The lowest BCUT2D eigenvalue weighted by Gasteiger charge is -2.22. The molecule has 0 aromatic carbocycles. The molecule has 1 atom stereocenters. The summed E-state index contributed by atoms with van der Waals surface area (Å²) in [6.45, 7) is 4.12. The zero-order valence-corrected chi connectivity index (χ0v) is 12.3. The highest BCUT2D eigenvalue weighted by molar-refractivity contribution is 7.14. The predicted octanol–water partition coefficient (Wildman–Crippen LogP) is 3.74. The number of hydrogen-bond acceptors (Lipinski definition) is 4. The molecule has 2 rings (SSSR count). The van der Waals surface area contributed by atoms with Gasteiger partial charge in [0.1, 0.15) is 10.7 Å². The van der Waals surface area contributed by atoms with Gasteiger partial charge in [-0.3, -0.25) is 4.79 Å². The van der Waals surface area contributed by atoms with Gasteiger partial charge in [-0.15, -0.1) is 11.3 Å². The highest BCUT2D eigenvalue weighted by Gasteiger charge is 2.19. The first kappa shape index (κ1) is 13.2. The van der Waals surface area contributed by atoms with Crippen molar-refractivity contribution in [2.45, 2.75) is 26.3 Å². The van der Waals surface area contributed by atoms with Gasteiger partial charge in [-0.2, -0.15) is 11.3 Å². The molecule has 0 saturated carbocycles. The van der Waals surface area contributed by atoms with Gasteiger partial charge in [0.05, 0.1) is 0 Å². The largest absolute Gasteiger partial charge is 0.338 e. The van der Waals surface area contributed by atoms with Crippen LogP contribution in [0.1, 0.15) is 30.8 Å². The Morgan fingerprint density at radius 3 is 2.89 bits per heavy atom. The number of thiazole rings is 1. The molecule has 1 unspecified atom stereocenters. The number of aromatic nitrogens is 1. The lowest BCUT2D eigenvalue weighted by Crippen LogP contribution is -2.34. The van der Waals surface area contributed by atoms with Crippen LogP contribution in [0.15, 0.2) is 22.2 Å². The Morgan fingerprint density at radius 1 is 1.50 bits per heavy atom. The minimum atomic E-state index is 0.00193. The second kappa shape index (κ2) is 5.63. The fourth-order valence-electron chi connectivity index (χ4n) is 1.55. The van der Waals surface area contributed by atoms with E-state index >= 15 is 0 Å². The van der Waals surface area contributed by atoms with E-state index in [-0.39, 0.29) is 11.9 Å². The lowest BCUT2D eigenvalue weighted by atomic mass is 10.2. The highest BCUT2D eigenvalue weighted by Crippen LogP contribution is 2.26. The molecule has 2 heterocycles. The molecule has 0 spiro atoms. The Morgan fingerprint density at radius 2 is 2.28 bits per heavy atom. The number of thiophene rings is 1. The molecule has 18 heavy (non-hydrogen) atoms. The van der Waals surface area contributed by atoms with Gasteiger partial charge in [-0.05, 0) is 24.8 Å². The molecular weight excluding hydrogens is 264 g/mol. The van der Waals surface area contributed by atoms with Gasteiger partial charge in [-0.1, -0.05) is 6.92 Å². The number of rotatable bonds is 4. The van der Waals surface area contributed by atoms with Crippen LogP contribution in [0, 0.1) is 0 Å². The first-order valence-corrected chi connectivity index (χ1v) is 7.71. The average Bonchev–Trinajstić information content (AvgIpc) is 3.05. The van der Waals surface area contributed by atoms with E-state index in [1.165, 1.54) is 11.3 Å². The van der Waals surface area contributed by atoms with Crippen molar-refractivity contribution in [1.29, 1.82) is 0 Å². The number of amides is 1. The summed E-state index contributed by atoms with van der Waals surface area (Å²) < 4.78 is 0. The second-order valence-electron chi connectivity index (χ2n) is 4.22. The molecular formula is C13H16N2OS2. The minimum Gasteiger partial charge on any atom is -0.338 e. The molecule has 0 aliphatic carbocycles. The van der Waals surface area contributed by atoms with E-state index < -0.39 is 0 Å². The van der Waals surface area contributed by atoms with Crippen LogP contribution in [0.2, 0.25) is 0 Å². The Balaban J connectivity index is 2.18. The van der Waals surface area contributed by atoms with Crippen molar-refractivity contribution < 1.29 is 4.79 Å². The van der Waals surface area contributed by atoms with Crippen molar-refractivity contribution in [2.75, 3.05) is 7.05 Å². The molecule has 1 amide bonds. The number of carbonyl (C=O) groups is 1. The topological polar surface area (TPSA) is 33.2 Å². The summed E-state index contributed by atoms with van der Waals surface area (Å²) in [6.07, 6.45) is 0.948. The van der Waals surface area contributed by atoms with Crippen molar-refractivity contribution in [3.05, 3.63) is 27.9 Å². The zero-order valence-electron chi connectivity index (χ0n) is 10.7. The van der Waals surface area contributed by atoms with E-state index in [0.29, 0.717) is 5.69 Å². The minimum absolute atomic E-state index is 0.00193. The average molecular weight is 280 g/mol. The van der Waals surface area contributed by atoms with Crippen molar-refractivity contribution in [2.24, 2.45) is 0 Å². The predicted molar refractivity (Wildman–Crippen MR) is 77.3 cm³/mol. The first-order chi connectivity index (χ1) is 8.63. The molecule has 0 aliphatic rings. The van der Waals surface area contributed by atoms with Gasteiger partial charge in [0.2, 0.25) is 0 Å². The van der Waals surface area contributed by atoms with Crippen molar-refractivity contribution in [3.8, 4) is 10.6 Å². The van der Waals surface area contributed by atoms with Crippen molar-refractivity contribution in [1.82, 2.24) is 9.88 Å². The third-order valence-electron chi connectivity index (χ3n) is 3.06. The molecule has 3 nitrogen and oxygen atoms in total. The van der Waals surface area contributed by atoms with E-state index in [1.54, 1.807) is 16.2 Å². The van der Waals surface area contributed by atoms with Crippen LogP contribution < -0.4 is 0 Å². The van der Waals surface area contributed by atoms with Gasteiger partial charge in [0.15, 0.2) is 0 Å². The third kappa shape index (κ3) is 2.62. The van der Waals surface area contributed by atoms with Gasteiger partial charge < -0.3 is 4.90 Å². The fourth-order valence-corrected chi connectivity index (χ4v) is 3.05. The molecule has 5 heteroatoms. The van der Waals surface area contributed by atoms with Crippen LogP contribution >= 0.6 is 22.7 Å². The Bertz CT molecular complexity index is 519. The van der Waals surface area contributed by atoms with Gasteiger partial charge in [0, 0.05) is 29.4 Å². The molecule has 2 aromatic rings. The van der Waals surface area contributed by atoms with E-state index in [2.05, 4.69) is 11.9 Å². The summed E-state index contributed by atoms with van der Waals surface area (Å²) in [7, 11) is 1.83. The number of carbonyl (C=O) groups excluding carboxylic acids is 1. The maximum Gasteiger partial charge on any atom is 0.273 e. The fraction of sp³-hybridized carbons (Fsp3) is 0.385. The molecule has 0 N–H and O–H groups in total. The summed E-state index contributed by atoms with van der Waals surface area (Å²) in [5.74, 6) is 0.00193. The van der Waals surface area contributed by atoms with E-state index in [1.807, 2.05) is 36.2 Å². The highest BCUT2D eigenvalue weighted by atomic mass is 32.1. The van der Waals surface area contributed by atoms with Crippen LogP contribution in [-0.4, -0.2) is 28.9 Å². The molecule has 96 valence electrons. The van der Waals surface area contributed by atoms with Gasteiger partial charge >= 0.3 is 0 Å². The monoisotopic (exact) mass is 280 g/mol. The van der Waals surface area contributed by atoms with Crippen LogP contribution in [0.25, 0.3) is 10.6 Å². The Kier molecular flexibility index (Phi) is 4.14. The molecule has 0 aliphatic heterocycles. The summed E-state index contributed by atoms with van der Waals surface area (Å²) in [6, 6.07) is 2.26. The first-order valence-electron chi connectivity index (χ1n) is 5.88. The molecule has 0 fully saturated rings. The molecule has 0 radical (unpaired) electrons. The molecule has 0 saturated heterocycles. The van der Waals surface area contributed by atoms with Gasteiger partial charge in [-0.25, -0.2) is 4.98 Å². The summed E-state index contributed by atoms with van der Waals surface area (Å²) >= 11 is 3.16. The van der Waals surface area contributed by atoms with Crippen LogP contribution in [0.5, 0.6) is 0 Å². The van der Waals surface area contributed by atoms with E-state index in [4.69, 9.17) is 0 Å². The smallest absolute Gasteiger partial charge is 0.273 e. The van der Waals surface area contributed by atoms with Crippen LogP contribution in [0.3, 0.4) is 0 Å². The number of hydrogen-bond donors (Lipinski definition) is 0. The third-order valence-corrected chi connectivity index (χ3v) is 4.64. The Labute approximate surface area is 115 Å². The quantitative estimate of drug-likeness (QED) is 0.854. The second-order valence-corrected chi connectivity index (χ2v) is 5.86. The van der Waals surface area contributed by atoms with Gasteiger partial charge in [0.25, 0.3) is 5.91 Å². The summed E-state index contributed by atoms with van der Waals surface area (Å²) in [5.41, 5.74) is 1.64. The lowest BCUT2D eigenvalue weighted by molar-refractivity contribution is 0.0735. The zero-order chi connectivity index (χ0) is 13.1. The van der Waals surface area contributed by atoms with Crippen LogP contribution in [0.4, 0.5) is 0 Å². The Hall–Kier alpha value is -1.20. The molecule has 2 aromatic heterocycles. The number of nitrogens with zero attached hydrogens (tertiary/aromatic N) is 2. The molecule has 0 bridgehead atoms. The maximum atomic E-state index is 12.2. The summed E-state index contributed by atoms with van der Waals surface area (Å²) in [5, 5.41) is 6.82. The SMILES string of the molecule is CCC(C)N(C)C(=O)c1csc(-c2ccsc2)n1. The van der Waals surface area contributed by atoms with Crippen molar-refractivity contribution >= 4 is 28.6 Å². The standard InChI is InChI=1S/C13H16N2OS2/c1-4-9(2)15(3)13(16)11-8-18-12(14-11)10-5-6-17-7-10/h5-9H,4H2,1-3H3. The van der Waals surface area contributed by atoms with E-state index in [0.717, 1.165) is 17.0 Å². The van der Waals surface area contributed by atoms with E-state index in [9.17, 15) is 4.79 Å². The van der Waals surface area contributed by atoms with Crippen molar-refractivity contribution in [3.63, 3.8) is 0 Å². The maximum absolute atomic E-state index is 12.2. The van der Waals surface area contributed by atoms with Crippen LogP contribution in [-0.2, 0) is 0 Å².